The van der Waals surface area contributed by atoms with Gasteiger partial charge in [0.1, 0.15) is 0 Å². The number of hydrogen-bond donors (Lipinski definition) is 1. The lowest BCUT2D eigenvalue weighted by Crippen LogP contribution is -2.24. The van der Waals surface area contributed by atoms with E-state index in [0.29, 0.717) is 5.92 Å². The van der Waals surface area contributed by atoms with Crippen molar-refractivity contribution in [2.24, 2.45) is 11.8 Å². The molecule has 0 aliphatic rings. The summed E-state index contributed by atoms with van der Waals surface area (Å²) >= 11 is 1.76. The maximum atomic E-state index is 4.08. The van der Waals surface area contributed by atoms with E-state index in [2.05, 4.69) is 48.5 Å². The largest absolute Gasteiger partial charge is 0.315 e. The van der Waals surface area contributed by atoms with Crippen molar-refractivity contribution in [2.75, 3.05) is 18.8 Å². The van der Waals surface area contributed by atoms with Gasteiger partial charge >= 0.3 is 0 Å². The molecule has 0 atom stereocenters. The fraction of sp³-hybridized carbons (Fsp3) is 0.923. The SMILES string of the molecule is CC(C)CCCSc1nnnn1CCNCC(C)C. The van der Waals surface area contributed by atoms with E-state index in [1.807, 2.05) is 4.68 Å². The highest BCUT2D eigenvalue weighted by atomic mass is 32.2. The maximum Gasteiger partial charge on any atom is 0.209 e. The number of thioether (sulfide) groups is 1. The molecule has 0 aliphatic heterocycles. The molecule has 19 heavy (non-hydrogen) atoms. The van der Waals surface area contributed by atoms with Crippen molar-refractivity contribution in [1.29, 1.82) is 0 Å². The molecule has 0 saturated heterocycles. The summed E-state index contributed by atoms with van der Waals surface area (Å²) < 4.78 is 1.90. The van der Waals surface area contributed by atoms with Crippen LogP contribution in [-0.2, 0) is 6.54 Å². The Kier molecular flexibility index (Phi) is 8.05. The molecule has 0 radical (unpaired) electrons. The van der Waals surface area contributed by atoms with Crippen LogP contribution >= 0.6 is 11.8 Å². The van der Waals surface area contributed by atoms with Gasteiger partial charge in [-0.1, -0.05) is 45.9 Å². The van der Waals surface area contributed by atoms with Gasteiger partial charge < -0.3 is 5.32 Å². The molecule has 1 aromatic heterocycles. The topological polar surface area (TPSA) is 55.6 Å². The van der Waals surface area contributed by atoms with Crippen LogP contribution in [0.3, 0.4) is 0 Å². The number of aromatic nitrogens is 4. The first-order valence-corrected chi connectivity index (χ1v) is 8.17. The van der Waals surface area contributed by atoms with Crippen LogP contribution in [0.1, 0.15) is 40.5 Å². The average Bonchev–Trinajstić information content (AvgIpc) is 2.77. The molecule has 1 rings (SSSR count). The van der Waals surface area contributed by atoms with Crippen LogP contribution in [0.5, 0.6) is 0 Å². The van der Waals surface area contributed by atoms with Gasteiger partial charge in [0.2, 0.25) is 5.16 Å². The Balaban J connectivity index is 2.22. The van der Waals surface area contributed by atoms with Crippen molar-refractivity contribution in [2.45, 2.75) is 52.2 Å². The van der Waals surface area contributed by atoms with E-state index >= 15 is 0 Å². The standard InChI is InChI=1S/C13H27N5S/c1-11(2)6-5-9-19-13-15-16-17-18(13)8-7-14-10-12(3)4/h11-12,14H,5-10H2,1-4H3. The lowest BCUT2D eigenvalue weighted by Gasteiger charge is -2.08. The molecule has 1 N–H and O–H groups in total. The van der Waals surface area contributed by atoms with Crippen LogP contribution in [0, 0.1) is 11.8 Å². The van der Waals surface area contributed by atoms with Crippen LogP contribution < -0.4 is 5.32 Å². The molecular formula is C13H27N5S. The number of nitrogens with zero attached hydrogens (tertiary/aromatic N) is 4. The first-order valence-electron chi connectivity index (χ1n) is 7.19. The lowest BCUT2D eigenvalue weighted by atomic mass is 10.1. The van der Waals surface area contributed by atoms with Crippen molar-refractivity contribution in [3.63, 3.8) is 0 Å². The van der Waals surface area contributed by atoms with Crippen LogP contribution in [0.4, 0.5) is 0 Å². The van der Waals surface area contributed by atoms with E-state index in [0.717, 1.165) is 36.5 Å². The summed E-state index contributed by atoms with van der Waals surface area (Å²) in [6, 6.07) is 0. The normalized spacial score (nSPS) is 11.7. The Morgan fingerprint density at radius 2 is 2.00 bits per heavy atom. The molecule has 6 heteroatoms. The quantitative estimate of drug-likeness (QED) is 0.528. The van der Waals surface area contributed by atoms with Gasteiger partial charge in [-0.05, 0) is 35.2 Å². The minimum absolute atomic E-state index is 0.679. The molecule has 1 aromatic rings. The molecule has 110 valence electrons. The van der Waals surface area contributed by atoms with Gasteiger partial charge in [0.25, 0.3) is 0 Å². The van der Waals surface area contributed by atoms with E-state index in [-0.39, 0.29) is 0 Å². The number of hydrogen-bond acceptors (Lipinski definition) is 5. The van der Waals surface area contributed by atoms with Crippen molar-refractivity contribution in [3.05, 3.63) is 0 Å². The molecule has 1 heterocycles. The van der Waals surface area contributed by atoms with Gasteiger partial charge in [-0.3, -0.25) is 0 Å². The van der Waals surface area contributed by atoms with Crippen molar-refractivity contribution in [1.82, 2.24) is 25.5 Å². The van der Waals surface area contributed by atoms with Gasteiger partial charge in [0.05, 0.1) is 6.54 Å². The summed E-state index contributed by atoms with van der Waals surface area (Å²) in [5.41, 5.74) is 0. The maximum absolute atomic E-state index is 4.08. The summed E-state index contributed by atoms with van der Waals surface area (Å²) in [5.74, 6) is 2.55. The highest BCUT2D eigenvalue weighted by Crippen LogP contribution is 2.16. The van der Waals surface area contributed by atoms with E-state index in [1.165, 1.54) is 12.8 Å². The summed E-state index contributed by atoms with van der Waals surface area (Å²) in [4.78, 5) is 0. The Morgan fingerprint density at radius 1 is 1.21 bits per heavy atom. The average molecular weight is 285 g/mol. The lowest BCUT2D eigenvalue weighted by molar-refractivity contribution is 0.482. The second kappa shape index (κ2) is 9.31. The summed E-state index contributed by atoms with van der Waals surface area (Å²) in [6.45, 7) is 11.7. The second-order valence-corrected chi connectivity index (χ2v) is 6.73. The third-order valence-electron chi connectivity index (χ3n) is 2.71. The highest BCUT2D eigenvalue weighted by Gasteiger charge is 2.06. The molecule has 0 saturated carbocycles. The van der Waals surface area contributed by atoms with Crippen molar-refractivity contribution < 1.29 is 0 Å². The molecule has 0 spiro atoms. The zero-order valence-electron chi connectivity index (χ0n) is 12.6. The zero-order valence-corrected chi connectivity index (χ0v) is 13.4. The van der Waals surface area contributed by atoms with E-state index in [1.54, 1.807) is 11.8 Å². The Hall–Kier alpha value is -0.620. The second-order valence-electron chi connectivity index (χ2n) is 5.67. The fourth-order valence-corrected chi connectivity index (χ4v) is 2.54. The number of nitrogens with one attached hydrogen (secondary N) is 1. The van der Waals surface area contributed by atoms with Crippen molar-refractivity contribution in [3.8, 4) is 0 Å². The number of tetrazole rings is 1. The molecule has 0 bridgehead atoms. The predicted molar refractivity (Wildman–Crippen MR) is 80.3 cm³/mol. The molecule has 0 unspecified atom stereocenters. The van der Waals surface area contributed by atoms with E-state index in [4.69, 9.17) is 0 Å². The highest BCUT2D eigenvalue weighted by molar-refractivity contribution is 7.99. The van der Waals surface area contributed by atoms with Crippen LogP contribution in [0.15, 0.2) is 5.16 Å². The molecular weight excluding hydrogens is 258 g/mol. The molecule has 0 amide bonds. The van der Waals surface area contributed by atoms with E-state index in [9.17, 15) is 0 Å². The van der Waals surface area contributed by atoms with E-state index < -0.39 is 0 Å². The fourth-order valence-electron chi connectivity index (χ4n) is 1.67. The smallest absolute Gasteiger partial charge is 0.209 e. The summed E-state index contributed by atoms with van der Waals surface area (Å²) in [7, 11) is 0. The predicted octanol–water partition coefficient (Wildman–Crippen LogP) is 2.45. The third-order valence-corrected chi connectivity index (χ3v) is 3.75. The monoisotopic (exact) mass is 285 g/mol. The summed E-state index contributed by atoms with van der Waals surface area (Å²) in [6.07, 6.45) is 2.49. The zero-order chi connectivity index (χ0) is 14.1. The Morgan fingerprint density at radius 3 is 2.68 bits per heavy atom. The Labute approximate surface area is 120 Å². The number of rotatable bonds is 10. The molecule has 0 fully saturated rings. The third kappa shape index (κ3) is 7.52. The molecule has 0 aliphatic carbocycles. The Bertz CT molecular complexity index is 307. The van der Waals surface area contributed by atoms with Gasteiger partial charge in [-0.15, -0.1) is 5.10 Å². The molecule has 0 aromatic carbocycles. The van der Waals surface area contributed by atoms with Crippen LogP contribution in [-0.4, -0.2) is 39.0 Å². The first kappa shape index (κ1) is 16.4. The minimum atomic E-state index is 0.679. The van der Waals surface area contributed by atoms with Gasteiger partial charge in [0, 0.05) is 12.3 Å². The van der Waals surface area contributed by atoms with Crippen LogP contribution in [0.25, 0.3) is 0 Å². The summed E-state index contributed by atoms with van der Waals surface area (Å²) in [5, 5.41) is 16.2. The minimum Gasteiger partial charge on any atom is -0.315 e. The van der Waals surface area contributed by atoms with Gasteiger partial charge in [-0.2, -0.15) is 0 Å². The van der Waals surface area contributed by atoms with Crippen LogP contribution in [0.2, 0.25) is 0 Å². The van der Waals surface area contributed by atoms with Crippen molar-refractivity contribution >= 4 is 11.8 Å². The van der Waals surface area contributed by atoms with Gasteiger partial charge in [0.15, 0.2) is 0 Å². The van der Waals surface area contributed by atoms with Gasteiger partial charge in [-0.25, -0.2) is 4.68 Å². The molecule has 5 nitrogen and oxygen atoms in total. The first-order chi connectivity index (χ1) is 9.09.